The van der Waals surface area contributed by atoms with Gasteiger partial charge in [-0.25, -0.2) is 4.79 Å². The molecule has 1 aromatic heterocycles. The summed E-state index contributed by atoms with van der Waals surface area (Å²) in [7, 11) is 1.57. The highest BCUT2D eigenvalue weighted by Crippen LogP contribution is 2.29. The number of aromatic nitrogens is 3. The molecule has 3 aromatic carbocycles. The molecule has 206 valence electrons. The van der Waals surface area contributed by atoms with E-state index in [0.29, 0.717) is 39.2 Å². The van der Waals surface area contributed by atoms with Crippen molar-refractivity contribution in [2.75, 3.05) is 24.8 Å². The van der Waals surface area contributed by atoms with Crippen LogP contribution >= 0.6 is 11.8 Å². The minimum atomic E-state index is -0.419. The number of anilines is 1. The van der Waals surface area contributed by atoms with Crippen molar-refractivity contribution in [3.63, 3.8) is 0 Å². The number of methoxy groups -OCH3 is 1. The van der Waals surface area contributed by atoms with Crippen LogP contribution in [0.2, 0.25) is 0 Å². The molecule has 0 saturated carbocycles. The van der Waals surface area contributed by atoms with Crippen LogP contribution < -0.4 is 15.4 Å². The summed E-state index contributed by atoms with van der Waals surface area (Å²) in [5, 5.41) is 14.8. The zero-order valence-electron chi connectivity index (χ0n) is 22.3. The number of carbonyl (C=O) groups is 3. The van der Waals surface area contributed by atoms with Crippen LogP contribution in [0.3, 0.4) is 0 Å². The summed E-state index contributed by atoms with van der Waals surface area (Å²) in [6.45, 7) is 4.06. The monoisotopic (exact) mass is 559 g/mol. The van der Waals surface area contributed by atoms with Crippen LogP contribution in [0.4, 0.5) is 5.69 Å². The molecule has 4 rings (SSSR count). The largest absolute Gasteiger partial charge is 0.495 e. The lowest BCUT2D eigenvalue weighted by molar-refractivity contribution is -0.113. The summed E-state index contributed by atoms with van der Waals surface area (Å²) in [5.41, 5.74) is 3.15. The van der Waals surface area contributed by atoms with Gasteiger partial charge in [-0.05, 0) is 62.4 Å². The number of thioether (sulfide) groups is 1. The second-order valence-corrected chi connectivity index (χ2v) is 9.54. The minimum absolute atomic E-state index is 0.0442. The summed E-state index contributed by atoms with van der Waals surface area (Å²) in [6, 6.07) is 21.1. The van der Waals surface area contributed by atoms with Gasteiger partial charge in [-0.15, -0.1) is 10.2 Å². The Kier molecular flexibility index (Phi) is 9.53. The van der Waals surface area contributed by atoms with Crippen LogP contribution in [-0.2, 0) is 16.1 Å². The number of carbonyl (C=O) groups excluding carboxylic acids is 3. The van der Waals surface area contributed by atoms with E-state index in [1.807, 2.05) is 49.4 Å². The lowest BCUT2D eigenvalue weighted by atomic mass is 10.1. The third kappa shape index (κ3) is 7.06. The Morgan fingerprint density at radius 1 is 0.950 bits per heavy atom. The molecule has 0 saturated heterocycles. The molecule has 0 aliphatic carbocycles. The number of rotatable bonds is 11. The molecule has 0 spiro atoms. The zero-order chi connectivity index (χ0) is 28.5. The lowest BCUT2D eigenvalue weighted by Crippen LogP contribution is -2.24. The molecule has 0 aliphatic heterocycles. The molecule has 4 aromatic rings. The fraction of sp³-hybridized carbons (Fsp3) is 0.207. The highest BCUT2D eigenvalue weighted by Gasteiger charge is 2.19. The number of esters is 1. The molecule has 0 atom stereocenters. The predicted molar refractivity (Wildman–Crippen MR) is 152 cm³/mol. The maximum atomic E-state index is 12.8. The first kappa shape index (κ1) is 28.4. The molecule has 2 amide bonds. The number of nitrogens with one attached hydrogen (secondary N) is 2. The summed E-state index contributed by atoms with van der Waals surface area (Å²) >= 11 is 1.19. The number of amides is 2. The molecule has 2 N–H and O–H groups in total. The number of aryl methyl sites for hydroxylation is 1. The summed E-state index contributed by atoms with van der Waals surface area (Å²) in [4.78, 5) is 37.3. The molecular weight excluding hydrogens is 530 g/mol. The Labute approximate surface area is 236 Å². The Bertz CT molecular complexity index is 1500. The molecule has 11 heteroatoms. The Balaban J connectivity index is 1.48. The fourth-order valence-corrected chi connectivity index (χ4v) is 4.61. The molecule has 0 aliphatic rings. The predicted octanol–water partition coefficient (Wildman–Crippen LogP) is 4.42. The van der Waals surface area contributed by atoms with Gasteiger partial charge in [0.2, 0.25) is 5.91 Å². The smallest absolute Gasteiger partial charge is 0.338 e. The van der Waals surface area contributed by atoms with Crippen molar-refractivity contribution >= 4 is 35.2 Å². The second-order valence-electron chi connectivity index (χ2n) is 8.59. The van der Waals surface area contributed by atoms with Crippen molar-refractivity contribution < 1.29 is 23.9 Å². The van der Waals surface area contributed by atoms with Crippen molar-refractivity contribution in [1.82, 2.24) is 20.1 Å². The van der Waals surface area contributed by atoms with Gasteiger partial charge in [-0.2, -0.15) is 0 Å². The van der Waals surface area contributed by atoms with Crippen LogP contribution in [-0.4, -0.2) is 52.0 Å². The molecule has 0 unspecified atom stereocenters. The minimum Gasteiger partial charge on any atom is -0.495 e. The van der Waals surface area contributed by atoms with Gasteiger partial charge in [-0.3, -0.25) is 14.2 Å². The first-order valence-electron chi connectivity index (χ1n) is 12.5. The van der Waals surface area contributed by atoms with E-state index in [1.54, 1.807) is 48.9 Å². The van der Waals surface area contributed by atoms with E-state index in [-0.39, 0.29) is 30.7 Å². The number of hydrogen-bond donors (Lipinski definition) is 2. The SMILES string of the molecule is CCOC(=O)c1ccc(NC(=O)CSc2nnc(CNC(=O)c3cccc(C)c3)n2-c2ccccc2OC)cc1. The van der Waals surface area contributed by atoms with Crippen LogP contribution in [0.5, 0.6) is 5.75 Å². The quantitative estimate of drug-likeness (QED) is 0.204. The molecule has 1 heterocycles. The van der Waals surface area contributed by atoms with E-state index in [2.05, 4.69) is 20.8 Å². The van der Waals surface area contributed by atoms with Crippen molar-refractivity contribution in [3.05, 3.63) is 95.3 Å². The van der Waals surface area contributed by atoms with Gasteiger partial charge >= 0.3 is 5.97 Å². The zero-order valence-corrected chi connectivity index (χ0v) is 23.2. The number of ether oxygens (including phenoxy) is 2. The molecule has 0 fully saturated rings. The highest BCUT2D eigenvalue weighted by molar-refractivity contribution is 7.99. The third-order valence-electron chi connectivity index (χ3n) is 5.73. The van der Waals surface area contributed by atoms with Crippen molar-refractivity contribution in [1.29, 1.82) is 0 Å². The third-order valence-corrected chi connectivity index (χ3v) is 6.65. The molecule has 0 bridgehead atoms. The molecular formula is C29H29N5O5S. The van der Waals surface area contributed by atoms with Gasteiger partial charge in [0.15, 0.2) is 11.0 Å². The lowest BCUT2D eigenvalue weighted by Gasteiger charge is -2.14. The number of para-hydroxylation sites is 2. The maximum absolute atomic E-state index is 12.8. The standard InChI is InChI=1S/C29H29N5O5S/c1-4-39-28(37)20-12-14-22(15-13-20)31-26(35)18-40-29-33-32-25(34(29)23-10-5-6-11-24(23)38-3)17-30-27(36)21-9-7-8-19(2)16-21/h5-16H,4,17-18H2,1-3H3,(H,30,36)(H,31,35). The van der Waals surface area contributed by atoms with Crippen LogP contribution in [0, 0.1) is 6.92 Å². The van der Waals surface area contributed by atoms with Gasteiger partial charge in [-0.1, -0.05) is 41.6 Å². The van der Waals surface area contributed by atoms with Gasteiger partial charge < -0.3 is 20.1 Å². The Morgan fingerprint density at radius 2 is 1.73 bits per heavy atom. The van der Waals surface area contributed by atoms with E-state index in [1.165, 1.54) is 11.8 Å². The average Bonchev–Trinajstić information content (AvgIpc) is 3.37. The van der Waals surface area contributed by atoms with E-state index in [4.69, 9.17) is 9.47 Å². The van der Waals surface area contributed by atoms with Crippen LogP contribution in [0.15, 0.2) is 78.0 Å². The van der Waals surface area contributed by atoms with Gasteiger partial charge in [0.05, 0.1) is 37.3 Å². The van der Waals surface area contributed by atoms with Gasteiger partial charge in [0, 0.05) is 11.3 Å². The van der Waals surface area contributed by atoms with Crippen molar-refractivity contribution in [2.24, 2.45) is 0 Å². The molecule has 40 heavy (non-hydrogen) atoms. The normalized spacial score (nSPS) is 10.6. The van der Waals surface area contributed by atoms with E-state index < -0.39 is 5.97 Å². The summed E-state index contributed by atoms with van der Waals surface area (Å²) in [6.07, 6.45) is 0. The summed E-state index contributed by atoms with van der Waals surface area (Å²) < 4.78 is 12.3. The first-order chi connectivity index (χ1) is 19.4. The summed E-state index contributed by atoms with van der Waals surface area (Å²) in [5.74, 6) is 0.184. The van der Waals surface area contributed by atoms with E-state index in [0.717, 1.165) is 5.56 Å². The van der Waals surface area contributed by atoms with Crippen molar-refractivity contribution in [3.8, 4) is 11.4 Å². The van der Waals surface area contributed by atoms with Gasteiger partial charge in [0.1, 0.15) is 5.75 Å². The first-order valence-corrected chi connectivity index (χ1v) is 13.5. The van der Waals surface area contributed by atoms with Crippen LogP contribution in [0.1, 0.15) is 39.0 Å². The maximum Gasteiger partial charge on any atom is 0.338 e. The second kappa shape index (κ2) is 13.4. The van der Waals surface area contributed by atoms with Crippen molar-refractivity contribution in [2.45, 2.75) is 25.5 Å². The molecule has 10 nitrogen and oxygen atoms in total. The highest BCUT2D eigenvalue weighted by atomic mass is 32.2. The van der Waals surface area contributed by atoms with Crippen LogP contribution in [0.25, 0.3) is 5.69 Å². The Morgan fingerprint density at radius 3 is 2.45 bits per heavy atom. The number of nitrogens with zero attached hydrogens (tertiary/aromatic N) is 3. The topological polar surface area (TPSA) is 124 Å². The molecule has 0 radical (unpaired) electrons. The van der Waals surface area contributed by atoms with E-state index >= 15 is 0 Å². The van der Waals surface area contributed by atoms with E-state index in [9.17, 15) is 14.4 Å². The fourth-order valence-electron chi connectivity index (χ4n) is 3.84. The number of hydrogen-bond acceptors (Lipinski definition) is 8. The Hall–Kier alpha value is -4.64. The number of benzene rings is 3. The van der Waals surface area contributed by atoms with Gasteiger partial charge in [0.25, 0.3) is 5.91 Å². The average molecular weight is 560 g/mol.